The molecule has 0 bridgehead atoms. The van der Waals surface area contributed by atoms with Crippen molar-refractivity contribution in [3.63, 3.8) is 0 Å². The van der Waals surface area contributed by atoms with Crippen LogP contribution >= 0.6 is 11.6 Å². The van der Waals surface area contributed by atoms with E-state index in [1.165, 1.54) is 36.3 Å². The molecule has 1 aliphatic heterocycles. The van der Waals surface area contributed by atoms with Crippen molar-refractivity contribution in [1.29, 1.82) is 0 Å². The number of carbonyl (C=O) groups excluding carboxylic acids is 2. The molecule has 8 nitrogen and oxygen atoms in total. The van der Waals surface area contributed by atoms with Crippen LogP contribution in [0, 0.1) is 11.6 Å². The number of benzene rings is 3. The van der Waals surface area contributed by atoms with E-state index in [1.54, 1.807) is 24.3 Å². The van der Waals surface area contributed by atoms with Crippen molar-refractivity contribution in [2.24, 2.45) is 0 Å². The second-order valence-electron chi connectivity index (χ2n) is 10.2. The third-order valence-electron chi connectivity index (χ3n) is 7.45. The second-order valence-corrected chi connectivity index (χ2v) is 10.6. The Morgan fingerprint density at radius 1 is 1.07 bits per heavy atom. The van der Waals surface area contributed by atoms with Gasteiger partial charge in [0.2, 0.25) is 0 Å². The molecule has 45 heavy (non-hydrogen) atoms. The highest BCUT2D eigenvalue weighted by atomic mass is 35.5. The van der Waals surface area contributed by atoms with Gasteiger partial charge in [0.1, 0.15) is 17.4 Å². The highest BCUT2D eigenvalue weighted by Gasteiger charge is 2.54. The SMILES string of the molecule is COc1ccc(CN2C(=O)c3c(c(NC(=O)c4cc(F)cc(C(F)(F)F)c4)cn4cncc34)C2(O)c2cc(F)ccc2Cl)cc1. The van der Waals surface area contributed by atoms with Crippen molar-refractivity contribution in [3.05, 3.63) is 129 Å². The molecule has 2 amide bonds. The van der Waals surface area contributed by atoms with Crippen LogP contribution in [0.5, 0.6) is 5.75 Å². The number of imidazole rings is 1. The lowest BCUT2D eigenvalue weighted by molar-refractivity contribution is -0.137. The Bertz CT molecular complexity index is 2000. The first-order chi connectivity index (χ1) is 21.3. The van der Waals surface area contributed by atoms with Crippen LogP contribution in [0.4, 0.5) is 27.6 Å². The fourth-order valence-electron chi connectivity index (χ4n) is 5.38. The fraction of sp³-hybridized carbons (Fsp3) is 0.129. The third kappa shape index (κ3) is 5.13. The Morgan fingerprint density at radius 3 is 2.49 bits per heavy atom. The van der Waals surface area contributed by atoms with Crippen LogP contribution in [-0.2, 0) is 18.4 Å². The predicted molar refractivity (Wildman–Crippen MR) is 152 cm³/mol. The quantitative estimate of drug-likeness (QED) is 0.209. The van der Waals surface area contributed by atoms with Crippen molar-refractivity contribution < 1.29 is 41.4 Å². The Hall–Kier alpha value is -5.01. The summed E-state index contributed by atoms with van der Waals surface area (Å²) in [7, 11) is 1.47. The van der Waals surface area contributed by atoms with E-state index in [9.17, 15) is 36.6 Å². The van der Waals surface area contributed by atoms with Crippen molar-refractivity contribution in [2.45, 2.75) is 18.4 Å². The molecule has 0 saturated heterocycles. The number of pyridine rings is 1. The van der Waals surface area contributed by atoms with E-state index >= 15 is 0 Å². The van der Waals surface area contributed by atoms with E-state index in [1.807, 2.05) is 0 Å². The van der Waals surface area contributed by atoms with E-state index in [4.69, 9.17) is 16.3 Å². The number of carbonyl (C=O) groups is 2. The van der Waals surface area contributed by atoms with Gasteiger partial charge in [-0.05, 0) is 54.1 Å². The number of anilines is 1. The summed E-state index contributed by atoms with van der Waals surface area (Å²) in [5, 5.41) is 14.9. The van der Waals surface area contributed by atoms with E-state index < -0.39 is 46.5 Å². The minimum absolute atomic E-state index is 0.134. The largest absolute Gasteiger partial charge is 0.497 e. The van der Waals surface area contributed by atoms with Gasteiger partial charge < -0.3 is 19.6 Å². The van der Waals surface area contributed by atoms with Gasteiger partial charge in [-0.25, -0.2) is 13.8 Å². The van der Waals surface area contributed by atoms with Gasteiger partial charge in [-0.3, -0.25) is 14.5 Å². The number of nitrogens with one attached hydrogen (secondary N) is 1. The summed E-state index contributed by atoms with van der Waals surface area (Å²) >= 11 is 6.48. The van der Waals surface area contributed by atoms with Crippen LogP contribution < -0.4 is 10.1 Å². The number of amides is 2. The molecular formula is C31H20ClF5N4O4. The van der Waals surface area contributed by atoms with E-state index in [2.05, 4.69) is 10.3 Å². The molecule has 5 aromatic rings. The Balaban J connectivity index is 1.56. The summed E-state index contributed by atoms with van der Waals surface area (Å²) < 4.78 is 75.6. The average Bonchev–Trinajstić information content (AvgIpc) is 3.55. The molecule has 0 spiro atoms. The van der Waals surface area contributed by atoms with Crippen LogP contribution in [0.1, 0.15) is 43.0 Å². The maximum atomic E-state index is 14.7. The number of nitrogens with zero attached hydrogens (tertiary/aromatic N) is 3. The van der Waals surface area contributed by atoms with Crippen LogP contribution in [0.15, 0.2) is 79.4 Å². The summed E-state index contributed by atoms with van der Waals surface area (Å²) in [5.41, 5.74) is -4.79. The Kier molecular flexibility index (Phi) is 7.25. The summed E-state index contributed by atoms with van der Waals surface area (Å²) in [6.07, 6.45) is -1.06. The van der Waals surface area contributed by atoms with E-state index in [0.717, 1.165) is 17.0 Å². The number of aromatic nitrogens is 2. The molecule has 1 atom stereocenters. The minimum Gasteiger partial charge on any atom is -0.497 e. The molecule has 2 N–H and O–H groups in total. The lowest BCUT2D eigenvalue weighted by Gasteiger charge is -2.36. The standard InChI is InChI=1S/C31H20ClF5N4O4/c1-45-21-5-2-16(3-6-21)13-41-29(43)26-25-12-38-15-40(25)14-24(27(26)30(41,44)22-11-19(33)4-7-23(22)32)39-28(42)17-8-18(31(35,36)37)10-20(34)9-17/h2-12,14-15,44H,13H2,1H3,(H,39,42). The maximum absolute atomic E-state index is 14.7. The highest BCUT2D eigenvalue weighted by Crippen LogP contribution is 2.50. The number of methoxy groups -OCH3 is 1. The molecule has 0 radical (unpaired) electrons. The van der Waals surface area contributed by atoms with Gasteiger partial charge in [-0.15, -0.1) is 0 Å². The van der Waals surface area contributed by atoms with Gasteiger partial charge in [0.25, 0.3) is 11.8 Å². The molecule has 3 heterocycles. The number of alkyl halides is 3. The first kappa shape index (κ1) is 30.0. The summed E-state index contributed by atoms with van der Waals surface area (Å²) in [4.78, 5) is 32.6. The summed E-state index contributed by atoms with van der Waals surface area (Å²) in [5.74, 6) is -3.53. The van der Waals surface area contributed by atoms with E-state index in [0.29, 0.717) is 23.4 Å². The smallest absolute Gasteiger partial charge is 0.416 e. The molecule has 1 aliphatic rings. The molecule has 230 valence electrons. The van der Waals surface area contributed by atoms with E-state index in [-0.39, 0.29) is 45.5 Å². The molecule has 14 heteroatoms. The van der Waals surface area contributed by atoms with Crippen LogP contribution in [0.25, 0.3) is 5.52 Å². The van der Waals surface area contributed by atoms with Gasteiger partial charge in [-0.1, -0.05) is 23.7 Å². The molecule has 0 saturated carbocycles. The molecule has 0 aliphatic carbocycles. The van der Waals surface area contributed by atoms with Crippen molar-refractivity contribution in [1.82, 2.24) is 14.3 Å². The number of halogens is 6. The molecular weight excluding hydrogens is 623 g/mol. The number of hydrogen-bond acceptors (Lipinski definition) is 5. The first-order valence-electron chi connectivity index (χ1n) is 13.1. The average molecular weight is 643 g/mol. The number of ether oxygens (including phenoxy) is 1. The summed E-state index contributed by atoms with van der Waals surface area (Å²) in [6, 6.07) is 11.0. The molecule has 2 aromatic heterocycles. The van der Waals surface area contributed by atoms with Gasteiger partial charge in [0.05, 0.1) is 42.0 Å². The van der Waals surface area contributed by atoms with Gasteiger partial charge >= 0.3 is 6.18 Å². The summed E-state index contributed by atoms with van der Waals surface area (Å²) in [6.45, 7) is -0.243. The predicted octanol–water partition coefficient (Wildman–Crippen LogP) is 6.40. The number of rotatable bonds is 6. The van der Waals surface area contributed by atoms with Crippen molar-refractivity contribution >= 4 is 34.6 Å². The van der Waals surface area contributed by atoms with Gasteiger partial charge in [-0.2, -0.15) is 13.2 Å². The minimum atomic E-state index is -4.95. The zero-order chi connectivity index (χ0) is 32.3. The number of fused-ring (bicyclic) bond motifs is 3. The lowest BCUT2D eigenvalue weighted by Crippen LogP contribution is -2.44. The molecule has 3 aromatic carbocycles. The maximum Gasteiger partial charge on any atom is 0.416 e. The van der Waals surface area contributed by atoms with Crippen LogP contribution in [0.3, 0.4) is 0 Å². The monoisotopic (exact) mass is 642 g/mol. The zero-order valence-corrected chi connectivity index (χ0v) is 23.7. The molecule has 6 rings (SSSR count). The number of hydrogen-bond donors (Lipinski definition) is 2. The Labute approximate surface area is 256 Å². The highest BCUT2D eigenvalue weighted by molar-refractivity contribution is 6.31. The fourth-order valence-corrected chi connectivity index (χ4v) is 5.63. The topological polar surface area (TPSA) is 96.2 Å². The molecule has 0 fully saturated rings. The normalized spacial score (nSPS) is 16.3. The molecule has 1 unspecified atom stereocenters. The zero-order valence-electron chi connectivity index (χ0n) is 23.0. The van der Waals surface area contributed by atoms with Crippen LogP contribution in [-0.4, -0.2) is 38.3 Å². The van der Waals surface area contributed by atoms with Gasteiger partial charge in [0, 0.05) is 34.5 Å². The third-order valence-corrected chi connectivity index (χ3v) is 7.78. The first-order valence-corrected chi connectivity index (χ1v) is 13.5. The number of aliphatic hydroxyl groups is 1. The van der Waals surface area contributed by atoms with Crippen molar-refractivity contribution in [3.8, 4) is 5.75 Å². The van der Waals surface area contributed by atoms with Gasteiger partial charge in [0.15, 0.2) is 5.72 Å². The Morgan fingerprint density at radius 2 is 1.80 bits per heavy atom. The van der Waals surface area contributed by atoms with Crippen molar-refractivity contribution in [2.75, 3.05) is 12.4 Å². The lowest BCUT2D eigenvalue weighted by atomic mass is 9.92. The second kappa shape index (κ2) is 10.9. The van der Waals surface area contributed by atoms with Crippen LogP contribution in [0.2, 0.25) is 5.02 Å².